The first-order valence-corrected chi connectivity index (χ1v) is 7.02. The largest absolute Gasteiger partial charge is 0.394 e. The molecule has 2 N–H and O–H groups in total. The fourth-order valence-electron chi connectivity index (χ4n) is 1.77. The summed E-state index contributed by atoms with van der Waals surface area (Å²) < 4.78 is 0. The molecule has 17 heavy (non-hydrogen) atoms. The van der Waals surface area contributed by atoms with Crippen LogP contribution in [-0.4, -0.2) is 23.7 Å². The van der Waals surface area contributed by atoms with Gasteiger partial charge in [-0.1, -0.05) is 52.9 Å². The average Bonchev–Trinajstić information content (AvgIpc) is 2.30. The van der Waals surface area contributed by atoms with E-state index in [1.807, 2.05) is 13.8 Å². The number of hydrogen-bond donors (Lipinski definition) is 2. The minimum absolute atomic E-state index is 0.0277. The van der Waals surface area contributed by atoms with Crippen molar-refractivity contribution < 1.29 is 9.90 Å². The van der Waals surface area contributed by atoms with Crippen LogP contribution in [0, 0.1) is 5.92 Å². The van der Waals surface area contributed by atoms with Crippen LogP contribution in [0.15, 0.2) is 0 Å². The Kier molecular flexibility index (Phi) is 10.2. The SMILES string of the molecule is CCCCCCCCC(=O)N[C@H](CO)C(C)C. The van der Waals surface area contributed by atoms with Gasteiger partial charge in [0, 0.05) is 6.42 Å². The first kappa shape index (κ1) is 16.4. The summed E-state index contributed by atoms with van der Waals surface area (Å²) in [4.78, 5) is 11.6. The second-order valence-corrected chi connectivity index (χ2v) is 5.12. The Labute approximate surface area is 106 Å². The molecule has 0 aromatic carbocycles. The van der Waals surface area contributed by atoms with Crippen LogP contribution in [0.3, 0.4) is 0 Å². The number of amides is 1. The smallest absolute Gasteiger partial charge is 0.220 e. The van der Waals surface area contributed by atoms with Crippen LogP contribution in [0.25, 0.3) is 0 Å². The van der Waals surface area contributed by atoms with Crippen molar-refractivity contribution in [2.24, 2.45) is 5.92 Å². The van der Waals surface area contributed by atoms with Crippen LogP contribution in [0.5, 0.6) is 0 Å². The molecule has 3 heteroatoms. The fraction of sp³-hybridized carbons (Fsp3) is 0.929. The number of unbranched alkanes of at least 4 members (excludes halogenated alkanes) is 5. The topological polar surface area (TPSA) is 49.3 Å². The van der Waals surface area contributed by atoms with Crippen molar-refractivity contribution in [2.75, 3.05) is 6.61 Å². The van der Waals surface area contributed by atoms with Gasteiger partial charge >= 0.3 is 0 Å². The summed E-state index contributed by atoms with van der Waals surface area (Å²) in [5.41, 5.74) is 0. The van der Waals surface area contributed by atoms with Crippen LogP contribution in [-0.2, 0) is 4.79 Å². The lowest BCUT2D eigenvalue weighted by atomic mass is 10.0. The highest BCUT2D eigenvalue weighted by atomic mass is 16.3. The van der Waals surface area contributed by atoms with Crippen molar-refractivity contribution in [3.8, 4) is 0 Å². The average molecular weight is 243 g/mol. The van der Waals surface area contributed by atoms with E-state index in [1.165, 1.54) is 25.7 Å². The van der Waals surface area contributed by atoms with Gasteiger partial charge < -0.3 is 10.4 Å². The van der Waals surface area contributed by atoms with E-state index in [1.54, 1.807) is 0 Å². The zero-order valence-corrected chi connectivity index (χ0v) is 11.7. The van der Waals surface area contributed by atoms with E-state index in [4.69, 9.17) is 5.11 Å². The summed E-state index contributed by atoms with van der Waals surface area (Å²) in [5, 5.41) is 12.0. The Hall–Kier alpha value is -0.570. The van der Waals surface area contributed by atoms with E-state index in [2.05, 4.69) is 12.2 Å². The van der Waals surface area contributed by atoms with Gasteiger partial charge in [-0.15, -0.1) is 0 Å². The minimum Gasteiger partial charge on any atom is -0.394 e. The molecule has 0 saturated heterocycles. The lowest BCUT2D eigenvalue weighted by Crippen LogP contribution is -2.41. The third-order valence-electron chi connectivity index (χ3n) is 3.11. The lowest BCUT2D eigenvalue weighted by molar-refractivity contribution is -0.122. The highest BCUT2D eigenvalue weighted by molar-refractivity contribution is 5.76. The second-order valence-electron chi connectivity index (χ2n) is 5.12. The van der Waals surface area contributed by atoms with E-state index < -0.39 is 0 Å². The van der Waals surface area contributed by atoms with Gasteiger partial charge in [-0.2, -0.15) is 0 Å². The van der Waals surface area contributed by atoms with E-state index in [0.29, 0.717) is 6.42 Å². The monoisotopic (exact) mass is 243 g/mol. The van der Waals surface area contributed by atoms with Crippen molar-refractivity contribution >= 4 is 5.91 Å². The zero-order chi connectivity index (χ0) is 13.1. The maximum absolute atomic E-state index is 11.6. The first-order chi connectivity index (χ1) is 8.11. The van der Waals surface area contributed by atoms with E-state index in [0.717, 1.165) is 12.8 Å². The number of carbonyl (C=O) groups is 1. The molecule has 3 nitrogen and oxygen atoms in total. The van der Waals surface area contributed by atoms with Gasteiger partial charge in [-0.05, 0) is 12.3 Å². The predicted molar refractivity (Wildman–Crippen MR) is 71.8 cm³/mol. The Morgan fingerprint density at radius 2 is 1.71 bits per heavy atom. The standard InChI is InChI=1S/C14H29NO2/c1-4-5-6-7-8-9-10-14(17)15-13(11-16)12(2)3/h12-13,16H,4-11H2,1-3H3,(H,15,17)/t13-/m1/s1. The molecule has 0 saturated carbocycles. The van der Waals surface area contributed by atoms with E-state index in [-0.39, 0.29) is 24.5 Å². The third-order valence-corrected chi connectivity index (χ3v) is 3.11. The summed E-state index contributed by atoms with van der Waals surface area (Å²) in [7, 11) is 0. The Balaban J connectivity index is 3.52. The van der Waals surface area contributed by atoms with Gasteiger partial charge in [0.05, 0.1) is 12.6 Å². The zero-order valence-electron chi connectivity index (χ0n) is 11.7. The molecular formula is C14H29NO2. The summed E-state index contributed by atoms with van der Waals surface area (Å²) in [6.07, 6.45) is 7.76. The van der Waals surface area contributed by atoms with Crippen LogP contribution in [0.4, 0.5) is 0 Å². The van der Waals surface area contributed by atoms with Gasteiger partial charge in [0.25, 0.3) is 0 Å². The molecule has 0 fully saturated rings. The number of rotatable bonds is 10. The molecule has 0 bridgehead atoms. The summed E-state index contributed by atoms with van der Waals surface area (Å²) in [6, 6.07) is -0.0948. The third kappa shape index (κ3) is 9.16. The molecule has 0 spiro atoms. The molecule has 0 aliphatic heterocycles. The fourth-order valence-corrected chi connectivity index (χ4v) is 1.77. The Morgan fingerprint density at radius 1 is 1.12 bits per heavy atom. The number of aliphatic hydroxyl groups excluding tert-OH is 1. The number of nitrogens with one attached hydrogen (secondary N) is 1. The molecule has 0 aliphatic carbocycles. The van der Waals surface area contributed by atoms with E-state index >= 15 is 0 Å². The van der Waals surface area contributed by atoms with Crippen LogP contribution in [0.2, 0.25) is 0 Å². The number of carbonyl (C=O) groups excluding carboxylic acids is 1. The molecule has 0 aliphatic rings. The highest BCUT2D eigenvalue weighted by Gasteiger charge is 2.14. The molecule has 0 radical (unpaired) electrons. The molecular weight excluding hydrogens is 214 g/mol. The van der Waals surface area contributed by atoms with Gasteiger partial charge in [0.1, 0.15) is 0 Å². The lowest BCUT2D eigenvalue weighted by Gasteiger charge is -2.19. The molecule has 0 aromatic rings. The number of hydrogen-bond acceptors (Lipinski definition) is 2. The van der Waals surface area contributed by atoms with Crippen molar-refractivity contribution in [1.82, 2.24) is 5.32 Å². The molecule has 0 aromatic heterocycles. The molecule has 0 heterocycles. The van der Waals surface area contributed by atoms with Gasteiger partial charge in [0.2, 0.25) is 5.91 Å². The maximum atomic E-state index is 11.6. The quantitative estimate of drug-likeness (QED) is 0.580. The summed E-state index contributed by atoms with van der Waals surface area (Å²) in [6.45, 7) is 6.24. The molecule has 1 amide bonds. The van der Waals surface area contributed by atoms with Crippen LogP contribution in [0.1, 0.15) is 65.7 Å². The molecule has 0 rings (SSSR count). The van der Waals surface area contributed by atoms with Gasteiger partial charge in [-0.25, -0.2) is 0 Å². The molecule has 102 valence electrons. The number of aliphatic hydroxyl groups is 1. The van der Waals surface area contributed by atoms with Gasteiger partial charge in [0.15, 0.2) is 0 Å². The Bertz CT molecular complexity index is 193. The predicted octanol–water partition coefficient (Wildman–Crippen LogP) is 2.87. The van der Waals surface area contributed by atoms with Crippen LogP contribution >= 0.6 is 0 Å². The molecule has 1 atom stereocenters. The van der Waals surface area contributed by atoms with Crippen molar-refractivity contribution in [3.63, 3.8) is 0 Å². The van der Waals surface area contributed by atoms with E-state index in [9.17, 15) is 4.79 Å². The maximum Gasteiger partial charge on any atom is 0.220 e. The summed E-state index contributed by atoms with van der Waals surface area (Å²) >= 11 is 0. The van der Waals surface area contributed by atoms with Crippen molar-refractivity contribution in [3.05, 3.63) is 0 Å². The van der Waals surface area contributed by atoms with Crippen LogP contribution < -0.4 is 5.32 Å². The van der Waals surface area contributed by atoms with Crippen molar-refractivity contribution in [2.45, 2.75) is 71.8 Å². The first-order valence-electron chi connectivity index (χ1n) is 7.02. The Morgan fingerprint density at radius 3 is 2.24 bits per heavy atom. The second kappa shape index (κ2) is 10.6. The normalized spacial score (nSPS) is 12.8. The van der Waals surface area contributed by atoms with Crippen molar-refractivity contribution in [1.29, 1.82) is 0 Å². The highest BCUT2D eigenvalue weighted by Crippen LogP contribution is 2.07. The minimum atomic E-state index is -0.0948. The summed E-state index contributed by atoms with van der Waals surface area (Å²) in [5.74, 6) is 0.363. The molecule has 0 unspecified atom stereocenters. The van der Waals surface area contributed by atoms with Gasteiger partial charge in [-0.3, -0.25) is 4.79 Å².